The molecule has 3 heteroatoms. The fourth-order valence-corrected chi connectivity index (χ4v) is 4.65. The molecule has 1 spiro atoms. The average Bonchev–Trinajstić information content (AvgIpc) is 2.98. The van der Waals surface area contributed by atoms with Crippen molar-refractivity contribution in [2.75, 3.05) is 53.0 Å². The van der Waals surface area contributed by atoms with Gasteiger partial charge in [0.15, 0.2) is 0 Å². The molecule has 0 amide bonds. The molecule has 3 aliphatic heterocycles. The van der Waals surface area contributed by atoms with E-state index in [0.717, 1.165) is 5.92 Å². The Hall–Kier alpha value is -0.900. The highest BCUT2D eigenvalue weighted by Gasteiger charge is 2.44. The molecule has 1 aromatic carbocycles. The minimum atomic E-state index is 0.672. The zero-order valence-electron chi connectivity index (χ0n) is 13.9. The number of likely N-dealkylation sites (tertiary alicyclic amines) is 3. The summed E-state index contributed by atoms with van der Waals surface area (Å²) in [6.45, 7) is 8.99. The van der Waals surface area contributed by atoms with Crippen LogP contribution in [-0.2, 0) is 0 Å². The molecule has 1 aromatic rings. The summed E-state index contributed by atoms with van der Waals surface area (Å²) in [5.74, 6) is 0.750. The van der Waals surface area contributed by atoms with Crippen LogP contribution in [0, 0.1) is 5.41 Å². The lowest BCUT2D eigenvalue weighted by Gasteiger charge is -2.54. The second-order valence-corrected chi connectivity index (χ2v) is 7.91. The van der Waals surface area contributed by atoms with Gasteiger partial charge in [0.25, 0.3) is 0 Å². The standard InChI is InChI=1S/C19H29N3/c1-20-11-8-19(9-12-20)14-22(15-19)16-21-10-7-18(13-21)17-5-3-2-4-6-17/h2-6,18H,7-16H2,1H3. The molecule has 1 unspecified atom stereocenters. The summed E-state index contributed by atoms with van der Waals surface area (Å²) >= 11 is 0. The van der Waals surface area contributed by atoms with Gasteiger partial charge < -0.3 is 4.90 Å². The van der Waals surface area contributed by atoms with Gasteiger partial charge in [0.2, 0.25) is 0 Å². The van der Waals surface area contributed by atoms with Crippen molar-refractivity contribution in [2.24, 2.45) is 5.41 Å². The third-order valence-electron chi connectivity index (χ3n) is 6.11. The first-order chi connectivity index (χ1) is 10.7. The molecule has 3 saturated heterocycles. The van der Waals surface area contributed by atoms with Crippen LogP contribution in [0.1, 0.15) is 30.7 Å². The lowest BCUT2D eigenvalue weighted by molar-refractivity contribution is -0.0647. The van der Waals surface area contributed by atoms with E-state index in [2.05, 4.69) is 52.1 Å². The van der Waals surface area contributed by atoms with E-state index in [0.29, 0.717) is 5.41 Å². The van der Waals surface area contributed by atoms with Crippen molar-refractivity contribution in [3.63, 3.8) is 0 Å². The minimum absolute atomic E-state index is 0.672. The van der Waals surface area contributed by atoms with Crippen molar-refractivity contribution in [2.45, 2.75) is 25.2 Å². The van der Waals surface area contributed by atoms with Crippen LogP contribution in [0.25, 0.3) is 0 Å². The molecule has 4 rings (SSSR count). The van der Waals surface area contributed by atoms with Crippen LogP contribution in [0.5, 0.6) is 0 Å². The van der Waals surface area contributed by atoms with E-state index in [1.165, 1.54) is 70.8 Å². The normalized spacial score (nSPS) is 29.8. The van der Waals surface area contributed by atoms with Crippen LogP contribution in [0.2, 0.25) is 0 Å². The van der Waals surface area contributed by atoms with Crippen LogP contribution in [-0.4, -0.2) is 67.7 Å². The van der Waals surface area contributed by atoms with Gasteiger partial charge in [0, 0.05) is 26.2 Å². The zero-order valence-corrected chi connectivity index (χ0v) is 13.9. The van der Waals surface area contributed by atoms with Gasteiger partial charge in [-0.05, 0) is 56.3 Å². The van der Waals surface area contributed by atoms with E-state index in [1.54, 1.807) is 0 Å². The fraction of sp³-hybridized carbons (Fsp3) is 0.684. The van der Waals surface area contributed by atoms with E-state index in [4.69, 9.17) is 0 Å². The molecule has 3 heterocycles. The van der Waals surface area contributed by atoms with E-state index in [1.807, 2.05) is 0 Å². The molecule has 120 valence electrons. The first-order valence-electron chi connectivity index (χ1n) is 8.91. The molecule has 22 heavy (non-hydrogen) atoms. The molecule has 0 N–H and O–H groups in total. The maximum atomic E-state index is 2.68. The number of rotatable bonds is 3. The SMILES string of the molecule is CN1CCC2(CC1)CN(CN1CCC(c3ccccc3)C1)C2. The number of nitrogens with zero attached hydrogens (tertiary/aromatic N) is 3. The molecule has 3 aliphatic rings. The Morgan fingerprint density at radius 2 is 1.73 bits per heavy atom. The highest BCUT2D eigenvalue weighted by atomic mass is 15.4. The molecule has 0 saturated carbocycles. The number of benzene rings is 1. The van der Waals surface area contributed by atoms with Gasteiger partial charge in [-0.3, -0.25) is 9.80 Å². The molecular weight excluding hydrogens is 270 g/mol. The van der Waals surface area contributed by atoms with Crippen molar-refractivity contribution in [1.29, 1.82) is 0 Å². The molecule has 0 aromatic heterocycles. The summed E-state index contributed by atoms with van der Waals surface area (Å²) in [4.78, 5) is 7.83. The van der Waals surface area contributed by atoms with Gasteiger partial charge in [-0.15, -0.1) is 0 Å². The van der Waals surface area contributed by atoms with Gasteiger partial charge in [-0.2, -0.15) is 0 Å². The van der Waals surface area contributed by atoms with Crippen molar-refractivity contribution >= 4 is 0 Å². The third-order valence-corrected chi connectivity index (χ3v) is 6.11. The van der Waals surface area contributed by atoms with E-state index >= 15 is 0 Å². The number of piperidine rings is 1. The maximum Gasteiger partial charge on any atom is 0.0506 e. The van der Waals surface area contributed by atoms with Crippen LogP contribution in [0.15, 0.2) is 30.3 Å². The van der Waals surface area contributed by atoms with Gasteiger partial charge in [0.05, 0.1) is 6.67 Å². The lowest BCUT2D eigenvalue weighted by atomic mass is 9.72. The topological polar surface area (TPSA) is 9.72 Å². The summed E-state index contributed by atoms with van der Waals surface area (Å²) < 4.78 is 0. The Morgan fingerprint density at radius 1 is 1.00 bits per heavy atom. The van der Waals surface area contributed by atoms with Crippen LogP contribution in [0.4, 0.5) is 0 Å². The van der Waals surface area contributed by atoms with E-state index < -0.39 is 0 Å². The first kappa shape index (κ1) is 14.7. The molecule has 0 aliphatic carbocycles. The fourth-order valence-electron chi connectivity index (χ4n) is 4.65. The second-order valence-electron chi connectivity index (χ2n) is 7.91. The quantitative estimate of drug-likeness (QED) is 0.849. The Balaban J connectivity index is 1.25. The predicted octanol–water partition coefficient (Wildman–Crippen LogP) is 2.46. The van der Waals surface area contributed by atoms with Crippen LogP contribution in [0.3, 0.4) is 0 Å². The van der Waals surface area contributed by atoms with Crippen molar-refractivity contribution < 1.29 is 0 Å². The molecule has 3 fully saturated rings. The highest BCUT2D eigenvalue weighted by Crippen LogP contribution is 2.40. The third kappa shape index (κ3) is 2.94. The van der Waals surface area contributed by atoms with Crippen LogP contribution >= 0.6 is 0 Å². The maximum absolute atomic E-state index is 2.68. The molecule has 0 radical (unpaired) electrons. The van der Waals surface area contributed by atoms with Crippen molar-refractivity contribution in [3.8, 4) is 0 Å². The Labute approximate surface area is 134 Å². The second kappa shape index (κ2) is 5.95. The van der Waals surface area contributed by atoms with Crippen molar-refractivity contribution in [1.82, 2.24) is 14.7 Å². The summed E-state index contributed by atoms with van der Waals surface area (Å²) in [7, 11) is 2.26. The largest absolute Gasteiger partial charge is 0.306 e. The summed E-state index contributed by atoms with van der Waals surface area (Å²) in [5.41, 5.74) is 2.20. The monoisotopic (exact) mass is 299 g/mol. The Bertz CT molecular complexity index is 485. The smallest absolute Gasteiger partial charge is 0.0506 e. The summed E-state index contributed by atoms with van der Waals surface area (Å²) in [5, 5.41) is 0. The molecule has 0 bridgehead atoms. The van der Waals surface area contributed by atoms with E-state index in [9.17, 15) is 0 Å². The molecule has 1 atom stereocenters. The van der Waals surface area contributed by atoms with Gasteiger partial charge in [-0.1, -0.05) is 30.3 Å². The molecular formula is C19H29N3. The summed E-state index contributed by atoms with van der Waals surface area (Å²) in [6, 6.07) is 11.1. The van der Waals surface area contributed by atoms with Crippen molar-refractivity contribution in [3.05, 3.63) is 35.9 Å². The molecule has 3 nitrogen and oxygen atoms in total. The lowest BCUT2D eigenvalue weighted by Crippen LogP contribution is -2.61. The highest BCUT2D eigenvalue weighted by molar-refractivity contribution is 5.21. The number of hydrogen-bond acceptors (Lipinski definition) is 3. The number of hydrogen-bond donors (Lipinski definition) is 0. The Morgan fingerprint density at radius 3 is 2.45 bits per heavy atom. The predicted molar refractivity (Wildman–Crippen MR) is 91.0 cm³/mol. The van der Waals surface area contributed by atoms with E-state index in [-0.39, 0.29) is 0 Å². The van der Waals surface area contributed by atoms with Gasteiger partial charge >= 0.3 is 0 Å². The van der Waals surface area contributed by atoms with Crippen LogP contribution < -0.4 is 0 Å². The first-order valence-corrected chi connectivity index (χ1v) is 8.91. The average molecular weight is 299 g/mol. The minimum Gasteiger partial charge on any atom is -0.306 e. The Kier molecular flexibility index (Phi) is 3.97. The van der Waals surface area contributed by atoms with Gasteiger partial charge in [0.1, 0.15) is 0 Å². The summed E-state index contributed by atoms with van der Waals surface area (Å²) in [6.07, 6.45) is 4.15. The van der Waals surface area contributed by atoms with Gasteiger partial charge in [-0.25, -0.2) is 0 Å². The zero-order chi connectivity index (χ0) is 15.0.